The highest BCUT2D eigenvalue weighted by Crippen LogP contribution is 2.22. The molecule has 2 atom stereocenters. The molecule has 2 heterocycles. The molecule has 3 aromatic carbocycles. The van der Waals surface area contributed by atoms with Crippen LogP contribution in [-0.2, 0) is 17.6 Å². The largest absolute Gasteiger partial charge is 0.508 e. The maximum atomic E-state index is 13.3. The van der Waals surface area contributed by atoms with Crippen LogP contribution in [0.1, 0.15) is 16.7 Å². The van der Waals surface area contributed by atoms with Crippen molar-refractivity contribution in [1.82, 2.24) is 4.90 Å². The van der Waals surface area contributed by atoms with Gasteiger partial charge < -0.3 is 10.2 Å². The number of benzene rings is 3. The molecule has 0 bridgehead atoms. The quantitative estimate of drug-likeness (QED) is 0.577. The van der Waals surface area contributed by atoms with Crippen molar-refractivity contribution in [3.8, 4) is 11.5 Å². The Morgan fingerprint density at radius 2 is 1.47 bits per heavy atom. The maximum absolute atomic E-state index is 13.3. The summed E-state index contributed by atoms with van der Waals surface area (Å²) < 4.78 is 0. The lowest BCUT2D eigenvalue weighted by atomic mass is 10.0. The van der Waals surface area contributed by atoms with Crippen LogP contribution in [0.2, 0.25) is 0 Å². The Kier molecular flexibility index (Phi) is 5.19. The number of carbonyl (C=O) groups excluding carboxylic acids is 1. The van der Waals surface area contributed by atoms with E-state index in [0.29, 0.717) is 19.4 Å². The first-order chi connectivity index (χ1) is 15.6. The summed E-state index contributed by atoms with van der Waals surface area (Å²) in [4.78, 5) is 23.6. The SMILES string of the molecule is O=C1C(Cc2ccc(O)cc2)N=C2C(Cc3ccccc3)[NH+]=C(c3ccc(O)cc3)CN12. The zero-order chi connectivity index (χ0) is 22.1. The van der Waals surface area contributed by atoms with Crippen LogP contribution in [0.3, 0.4) is 0 Å². The minimum absolute atomic E-state index is 0.0103. The number of phenols is 2. The summed E-state index contributed by atoms with van der Waals surface area (Å²) in [6.07, 6.45) is 1.20. The van der Waals surface area contributed by atoms with Gasteiger partial charge in [-0.25, -0.2) is 4.99 Å². The number of carbonyl (C=O) groups is 1. The molecule has 3 aromatic rings. The van der Waals surface area contributed by atoms with Gasteiger partial charge in [-0.1, -0.05) is 42.5 Å². The number of rotatable bonds is 5. The van der Waals surface area contributed by atoms with E-state index in [9.17, 15) is 15.0 Å². The zero-order valence-corrected chi connectivity index (χ0v) is 17.5. The maximum Gasteiger partial charge on any atom is 0.253 e. The molecule has 0 aliphatic carbocycles. The highest BCUT2D eigenvalue weighted by Gasteiger charge is 2.44. The van der Waals surface area contributed by atoms with Crippen molar-refractivity contribution in [1.29, 1.82) is 0 Å². The number of fused-ring (bicyclic) bond motifs is 1. The number of aromatic hydroxyl groups is 2. The first-order valence-electron chi connectivity index (χ1n) is 10.7. The number of amides is 1. The third-order valence-corrected chi connectivity index (χ3v) is 5.96. The highest BCUT2D eigenvalue weighted by atomic mass is 16.3. The Labute approximate surface area is 186 Å². The van der Waals surface area contributed by atoms with Crippen molar-refractivity contribution < 1.29 is 20.0 Å². The van der Waals surface area contributed by atoms with E-state index in [4.69, 9.17) is 4.99 Å². The van der Waals surface area contributed by atoms with Crippen LogP contribution in [0, 0.1) is 0 Å². The summed E-state index contributed by atoms with van der Waals surface area (Å²) in [6.45, 7) is 0.416. The molecule has 0 fully saturated rings. The van der Waals surface area contributed by atoms with Crippen molar-refractivity contribution >= 4 is 17.5 Å². The van der Waals surface area contributed by atoms with Gasteiger partial charge in [-0.15, -0.1) is 0 Å². The predicted octanol–water partition coefficient (Wildman–Crippen LogP) is 1.44. The molecule has 6 nitrogen and oxygen atoms in total. The average Bonchev–Trinajstić information content (AvgIpc) is 3.12. The van der Waals surface area contributed by atoms with Gasteiger partial charge >= 0.3 is 0 Å². The fourth-order valence-corrected chi connectivity index (χ4v) is 4.31. The Morgan fingerprint density at radius 1 is 0.844 bits per heavy atom. The minimum Gasteiger partial charge on any atom is -0.508 e. The molecular weight excluding hydrogens is 402 g/mol. The Bertz CT molecular complexity index is 1190. The summed E-state index contributed by atoms with van der Waals surface area (Å²) in [6, 6.07) is 23.5. The summed E-state index contributed by atoms with van der Waals surface area (Å²) in [7, 11) is 0. The number of aliphatic imine (C=N–C) groups is 1. The van der Waals surface area contributed by atoms with Gasteiger partial charge in [-0.05, 0) is 47.5 Å². The van der Waals surface area contributed by atoms with Gasteiger partial charge in [0.1, 0.15) is 24.1 Å². The van der Waals surface area contributed by atoms with E-state index < -0.39 is 6.04 Å². The molecule has 160 valence electrons. The molecule has 6 heteroatoms. The van der Waals surface area contributed by atoms with E-state index >= 15 is 0 Å². The molecule has 0 aromatic heterocycles. The first-order valence-corrected chi connectivity index (χ1v) is 10.7. The lowest BCUT2D eigenvalue weighted by molar-refractivity contribution is -0.486. The number of nitrogens with one attached hydrogen (secondary N) is 1. The molecule has 0 radical (unpaired) electrons. The fraction of sp³-hybridized carbons (Fsp3) is 0.192. The standard InChI is InChI=1S/C26H23N3O3/c30-20-10-6-18(7-11-20)15-23-26(32)29-16-24(19-8-12-21(31)13-9-19)27-22(25(29)28-23)14-17-4-2-1-3-5-17/h1-13,22-23,30-31H,14-16H2/p+1. The second-order valence-electron chi connectivity index (χ2n) is 8.21. The van der Waals surface area contributed by atoms with Gasteiger partial charge in [-0.3, -0.25) is 14.7 Å². The molecule has 0 spiro atoms. The molecule has 2 aliphatic rings. The van der Waals surface area contributed by atoms with E-state index in [-0.39, 0.29) is 23.4 Å². The smallest absolute Gasteiger partial charge is 0.253 e. The van der Waals surface area contributed by atoms with Gasteiger partial charge in [0.05, 0.1) is 0 Å². The molecule has 3 N–H and O–H groups in total. The average molecular weight is 426 g/mol. The van der Waals surface area contributed by atoms with Crippen molar-refractivity contribution in [2.75, 3.05) is 6.54 Å². The number of hydrogen-bond acceptors (Lipinski definition) is 4. The van der Waals surface area contributed by atoms with Crippen LogP contribution >= 0.6 is 0 Å². The van der Waals surface area contributed by atoms with Crippen LogP contribution in [0.25, 0.3) is 0 Å². The molecule has 2 aliphatic heterocycles. The second-order valence-corrected chi connectivity index (χ2v) is 8.21. The number of phenolic OH excluding ortho intramolecular Hbond substituents is 2. The van der Waals surface area contributed by atoms with E-state index in [1.807, 2.05) is 42.5 Å². The summed E-state index contributed by atoms with van der Waals surface area (Å²) in [5.41, 5.74) is 3.99. The van der Waals surface area contributed by atoms with Crippen molar-refractivity contribution in [3.63, 3.8) is 0 Å². The van der Waals surface area contributed by atoms with Crippen LogP contribution in [0.15, 0.2) is 83.9 Å². The molecule has 2 unspecified atom stereocenters. The van der Waals surface area contributed by atoms with E-state index in [0.717, 1.165) is 28.2 Å². The van der Waals surface area contributed by atoms with Gasteiger partial charge in [0.2, 0.25) is 11.8 Å². The zero-order valence-electron chi connectivity index (χ0n) is 17.5. The Balaban J connectivity index is 1.47. The van der Waals surface area contributed by atoms with Crippen LogP contribution in [0.4, 0.5) is 0 Å². The lowest BCUT2D eigenvalue weighted by Gasteiger charge is -2.25. The molecule has 5 rings (SSSR count). The molecular formula is C26H24N3O3+. The van der Waals surface area contributed by atoms with Crippen molar-refractivity contribution in [3.05, 3.63) is 95.6 Å². The molecule has 32 heavy (non-hydrogen) atoms. The Hall–Kier alpha value is -3.93. The lowest BCUT2D eigenvalue weighted by Crippen LogP contribution is -2.88. The van der Waals surface area contributed by atoms with Crippen molar-refractivity contribution in [2.24, 2.45) is 4.99 Å². The highest BCUT2D eigenvalue weighted by molar-refractivity contribution is 6.13. The van der Waals surface area contributed by atoms with Crippen LogP contribution in [-0.4, -0.2) is 51.2 Å². The van der Waals surface area contributed by atoms with Crippen LogP contribution in [0.5, 0.6) is 11.5 Å². The van der Waals surface area contributed by atoms with E-state index in [1.165, 1.54) is 0 Å². The summed E-state index contributed by atoms with van der Waals surface area (Å²) >= 11 is 0. The van der Waals surface area contributed by atoms with E-state index in [1.54, 1.807) is 29.2 Å². The van der Waals surface area contributed by atoms with Gasteiger partial charge in [0, 0.05) is 18.4 Å². The van der Waals surface area contributed by atoms with Gasteiger partial charge in [0.15, 0.2) is 5.84 Å². The Morgan fingerprint density at radius 3 is 2.16 bits per heavy atom. The first kappa shape index (κ1) is 20.0. The van der Waals surface area contributed by atoms with Crippen molar-refractivity contribution in [2.45, 2.75) is 24.9 Å². The monoisotopic (exact) mass is 426 g/mol. The minimum atomic E-state index is -0.478. The normalized spacial score (nSPS) is 20.0. The third kappa shape index (κ3) is 3.99. The van der Waals surface area contributed by atoms with E-state index in [2.05, 4.69) is 17.1 Å². The fourth-order valence-electron chi connectivity index (χ4n) is 4.31. The van der Waals surface area contributed by atoms with Crippen LogP contribution < -0.4 is 4.99 Å². The molecule has 0 saturated heterocycles. The topological polar surface area (TPSA) is 87.1 Å². The summed E-state index contributed by atoms with van der Waals surface area (Å²) in [5.74, 6) is 1.17. The molecule has 1 amide bonds. The second kappa shape index (κ2) is 8.30. The molecule has 0 saturated carbocycles. The summed E-state index contributed by atoms with van der Waals surface area (Å²) in [5, 5.41) is 19.2. The third-order valence-electron chi connectivity index (χ3n) is 5.96. The predicted molar refractivity (Wildman–Crippen MR) is 122 cm³/mol. The number of hydrogen-bond donors (Lipinski definition) is 3. The number of nitrogens with zero attached hydrogens (tertiary/aromatic N) is 2. The van der Waals surface area contributed by atoms with Gasteiger partial charge in [-0.2, -0.15) is 0 Å². The number of amidine groups is 1. The van der Waals surface area contributed by atoms with Gasteiger partial charge in [0.25, 0.3) is 5.91 Å².